The molecule has 3 rings (SSSR count). The maximum Gasteiger partial charge on any atom is 0.0897 e. The van der Waals surface area contributed by atoms with Crippen LogP contribution in [0.1, 0.15) is 23.5 Å². The summed E-state index contributed by atoms with van der Waals surface area (Å²) in [6.07, 6.45) is 3.86. The van der Waals surface area contributed by atoms with Gasteiger partial charge in [-0.2, -0.15) is 23.5 Å². The number of fused-ring (bicyclic) bond motifs is 1. The van der Waals surface area contributed by atoms with Crippen molar-refractivity contribution in [2.75, 3.05) is 18.1 Å². The number of nitrogens with zero attached hydrogens (tertiary/aromatic N) is 1. The topological polar surface area (TPSA) is 24.9 Å². The molecule has 2 nitrogen and oxygen atoms in total. The third kappa shape index (κ3) is 3.06. The monoisotopic (exact) mass is 300 g/mol. The van der Waals surface area contributed by atoms with E-state index in [1.54, 1.807) is 11.3 Å². The summed E-state index contributed by atoms with van der Waals surface area (Å²) < 4.78 is 0. The fourth-order valence-electron chi connectivity index (χ4n) is 2.84. The number of nitrogens with one attached hydrogen (secondary N) is 1. The number of aryl methyl sites for hydroxylation is 1. The van der Waals surface area contributed by atoms with Crippen LogP contribution < -0.4 is 5.32 Å². The molecular weight excluding hydrogens is 280 g/mol. The van der Waals surface area contributed by atoms with Crippen molar-refractivity contribution < 1.29 is 0 Å². The van der Waals surface area contributed by atoms with Crippen molar-refractivity contribution in [1.29, 1.82) is 0 Å². The van der Waals surface area contributed by atoms with Crippen molar-refractivity contribution in [3.63, 3.8) is 0 Å². The van der Waals surface area contributed by atoms with Crippen LogP contribution in [-0.4, -0.2) is 39.6 Å². The second-order valence-corrected chi connectivity index (χ2v) is 8.69. The second-order valence-electron chi connectivity index (χ2n) is 4.99. The zero-order valence-corrected chi connectivity index (χ0v) is 13.2. The zero-order valence-electron chi connectivity index (χ0n) is 10.7. The van der Waals surface area contributed by atoms with Crippen LogP contribution in [0.25, 0.3) is 0 Å². The lowest BCUT2D eigenvalue weighted by atomic mass is 10.2. The molecule has 1 saturated carbocycles. The Labute approximate surface area is 122 Å². The minimum Gasteiger partial charge on any atom is -0.312 e. The molecule has 1 aromatic heterocycles. The van der Waals surface area contributed by atoms with Gasteiger partial charge >= 0.3 is 0 Å². The molecule has 0 spiro atoms. The van der Waals surface area contributed by atoms with Crippen molar-refractivity contribution in [3.05, 3.63) is 16.1 Å². The predicted molar refractivity (Wildman–Crippen MR) is 84.1 cm³/mol. The fraction of sp³-hybridized carbons (Fsp3) is 0.769. The van der Waals surface area contributed by atoms with Gasteiger partial charge in [-0.1, -0.05) is 0 Å². The Morgan fingerprint density at radius 3 is 3.06 bits per heavy atom. The Hall–Kier alpha value is 0.290. The molecule has 1 aliphatic carbocycles. The van der Waals surface area contributed by atoms with E-state index in [2.05, 4.69) is 46.1 Å². The first-order valence-electron chi connectivity index (χ1n) is 6.70. The van der Waals surface area contributed by atoms with Gasteiger partial charge in [0, 0.05) is 46.4 Å². The Morgan fingerprint density at radius 2 is 2.22 bits per heavy atom. The summed E-state index contributed by atoms with van der Waals surface area (Å²) in [5.41, 5.74) is 1.25. The standard InChI is InChI=1S/C13H20N2S3/c1-9-15-10(8-18-9)4-5-14-11-2-3-12-13(11)17-7-6-16-12/h8,11-14H,2-7H2,1H3/t11-,12+,13+/m1/s1. The molecular formula is C13H20N2S3. The van der Waals surface area contributed by atoms with Gasteiger partial charge in [0.05, 0.1) is 10.7 Å². The van der Waals surface area contributed by atoms with Crippen molar-refractivity contribution in [1.82, 2.24) is 10.3 Å². The summed E-state index contributed by atoms with van der Waals surface area (Å²) in [6, 6.07) is 0.743. The van der Waals surface area contributed by atoms with Crippen molar-refractivity contribution in [2.24, 2.45) is 0 Å². The van der Waals surface area contributed by atoms with E-state index >= 15 is 0 Å². The first-order valence-corrected chi connectivity index (χ1v) is 9.68. The van der Waals surface area contributed by atoms with Crippen LogP contribution in [0.15, 0.2) is 5.38 Å². The van der Waals surface area contributed by atoms with Crippen molar-refractivity contribution in [3.8, 4) is 0 Å². The molecule has 1 N–H and O–H groups in total. The Morgan fingerprint density at radius 1 is 1.33 bits per heavy atom. The summed E-state index contributed by atoms with van der Waals surface area (Å²) >= 11 is 6.15. The molecule has 18 heavy (non-hydrogen) atoms. The second kappa shape index (κ2) is 6.16. The molecule has 0 radical (unpaired) electrons. The lowest BCUT2D eigenvalue weighted by molar-refractivity contribution is 0.534. The smallest absolute Gasteiger partial charge is 0.0897 e. The molecule has 3 atom stereocenters. The highest BCUT2D eigenvalue weighted by Gasteiger charge is 2.38. The van der Waals surface area contributed by atoms with E-state index in [-0.39, 0.29) is 0 Å². The van der Waals surface area contributed by atoms with Crippen LogP contribution in [0.4, 0.5) is 0 Å². The number of hydrogen-bond acceptors (Lipinski definition) is 5. The quantitative estimate of drug-likeness (QED) is 0.924. The SMILES string of the molecule is Cc1nc(CCN[C@@H]2CC[C@@H]3SCCS[C@H]32)cs1. The van der Waals surface area contributed by atoms with Gasteiger partial charge in [-0.3, -0.25) is 0 Å². The van der Waals surface area contributed by atoms with Crippen LogP contribution in [0.2, 0.25) is 0 Å². The molecule has 0 amide bonds. The highest BCUT2D eigenvalue weighted by atomic mass is 32.2. The zero-order chi connectivity index (χ0) is 12.4. The Bertz CT molecular complexity index is 393. The van der Waals surface area contributed by atoms with E-state index in [1.807, 2.05) is 0 Å². The number of thiazole rings is 1. The van der Waals surface area contributed by atoms with Gasteiger partial charge < -0.3 is 5.32 Å². The molecule has 1 saturated heterocycles. The van der Waals surface area contributed by atoms with E-state index < -0.39 is 0 Å². The van der Waals surface area contributed by atoms with Gasteiger partial charge in [-0.25, -0.2) is 4.98 Å². The molecule has 1 aliphatic heterocycles. The van der Waals surface area contributed by atoms with Gasteiger partial charge in [0.2, 0.25) is 0 Å². The minimum absolute atomic E-state index is 0.743. The van der Waals surface area contributed by atoms with Crippen LogP contribution in [0.5, 0.6) is 0 Å². The van der Waals surface area contributed by atoms with Crippen LogP contribution >= 0.6 is 34.9 Å². The fourth-order valence-corrected chi connectivity index (χ4v) is 6.80. The molecule has 2 fully saturated rings. The molecule has 1 aromatic rings. The molecule has 2 aliphatic rings. The lowest BCUT2D eigenvalue weighted by Gasteiger charge is -2.28. The highest BCUT2D eigenvalue weighted by Crippen LogP contribution is 2.41. The van der Waals surface area contributed by atoms with Gasteiger partial charge in [0.1, 0.15) is 0 Å². The maximum absolute atomic E-state index is 4.53. The molecule has 0 aromatic carbocycles. The number of aromatic nitrogens is 1. The van der Waals surface area contributed by atoms with Crippen molar-refractivity contribution in [2.45, 2.75) is 42.7 Å². The average molecular weight is 301 g/mol. The first kappa shape index (κ1) is 13.3. The van der Waals surface area contributed by atoms with E-state index in [4.69, 9.17) is 0 Å². The summed E-state index contributed by atoms with van der Waals surface area (Å²) in [6.45, 7) is 3.17. The van der Waals surface area contributed by atoms with Crippen molar-refractivity contribution >= 4 is 34.9 Å². The number of hydrogen-bond donors (Lipinski definition) is 1. The molecule has 2 heterocycles. The Balaban J connectivity index is 1.46. The van der Waals surface area contributed by atoms with E-state index in [1.165, 1.54) is 35.0 Å². The molecule has 100 valence electrons. The predicted octanol–water partition coefficient (Wildman–Crippen LogP) is 2.96. The van der Waals surface area contributed by atoms with Gasteiger partial charge in [-0.15, -0.1) is 11.3 Å². The Kier molecular flexibility index (Phi) is 4.55. The normalized spacial score (nSPS) is 31.5. The van der Waals surface area contributed by atoms with E-state index in [0.29, 0.717) is 0 Å². The maximum atomic E-state index is 4.53. The largest absolute Gasteiger partial charge is 0.312 e. The van der Waals surface area contributed by atoms with E-state index in [0.717, 1.165) is 29.5 Å². The first-order chi connectivity index (χ1) is 8.83. The minimum atomic E-state index is 0.743. The van der Waals surface area contributed by atoms with Crippen LogP contribution in [0, 0.1) is 6.92 Å². The van der Waals surface area contributed by atoms with E-state index in [9.17, 15) is 0 Å². The summed E-state index contributed by atoms with van der Waals surface area (Å²) in [5, 5.41) is 8.93. The molecule has 0 unspecified atom stereocenters. The van der Waals surface area contributed by atoms with Gasteiger partial charge in [0.15, 0.2) is 0 Å². The molecule has 0 bridgehead atoms. The lowest BCUT2D eigenvalue weighted by Crippen LogP contribution is -2.39. The summed E-state index contributed by atoms with van der Waals surface area (Å²) in [7, 11) is 0. The summed E-state index contributed by atoms with van der Waals surface area (Å²) in [5.74, 6) is 2.70. The highest BCUT2D eigenvalue weighted by molar-refractivity contribution is 8.07. The average Bonchev–Trinajstić information content (AvgIpc) is 2.97. The number of thioether (sulfide) groups is 2. The summed E-state index contributed by atoms with van der Waals surface area (Å²) in [4.78, 5) is 4.53. The molecule has 5 heteroatoms. The van der Waals surface area contributed by atoms with Crippen LogP contribution in [-0.2, 0) is 6.42 Å². The number of rotatable bonds is 4. The van der Waals surface area contributed by atoms with Gasteiger partial charge in [-0.05, 0) is 19.8 Å². The van der Waals surface area contributed by atoms with Crippen LogP contribution in [0.3, 0.4) is 0 Å². The third-order valence-electron chi connectivity index (χ3n) is 3.70. The third-order valence-corrected chi connectivity index (χ3v) is 7.84. The van der Waals surface area contributed by atoms with Gasteiger partial charge in [0.25, 0.3) is 0 Å².